The molecule has 0 amide bonds. The summed E-state index contributed by atoms with van der Waals surface area (Å²) in [4.78, 5) is 4.28. The minimum atomic E-state index is -0.480. The highest BCUT2D eigenvalue weighted by Crippen LogP contribution is 2.61. The Morgan fingerprint density at radius 1 is 0.667 bits per heavy atom. The number of rotatable bonds is 8. The second-order valence-electron chi connectivity index (χ2n) is 20.9. The number of hydrogen-bond acceptors (Lipinski definition) is 5. The van der Waals surface area contributed by atoms with Crippen molar-refractivity contribution in [3.63, 3.8) is 0 Å². The molecule has 1 fully saturated rings. The number of hydrogen-bond donors (Lipinski definition) is 3. The van der Waals surface area contributed by atoms with Crippen LogP contribution in [0, 0.1) is 17.8 Å². The summed E-state index contributed by atoms with van der Waals surface area (Å²) in [6.07, 6.45) is 51.9. The Balaban J connectivity index is 0.914. The molecule has 0 radical (unpaired) electrons. The van der Waals surface area contributed by atoms with Gasteiger partial charge in [-0.3, -0.25) is 16.0 Å². The van der Waals surface area contributed by atoms with Gasteiger partial charge >= 0.3 is 0 Å². The Hall–Kier alpha value is -5.69. The van der Waals surface area contributed by atoms with Crippen molar-refractivity contribution in [1.29, 1.82) is 0 Å². The molecule has 3 aromatic rings. The van der Waals surface area contributed by atoms with Crippen molar-refractivity contribution in [2.75, 3.05) is 0 Å². The van der Waals surface area contributed by atoms with E-state index in [0.717, 1.165) is 44.9 Å². The first kappa shape index (κ1) is 43.3. The van der Waals surface area contributed by atoms with Crippen LogP contribution in [-0.2, 0) is 5.66 Å². The quantitative estimate of drug-likeness (QED) is 0.196. The Labute approximate surface area is 414 Å². The molecular weight excluding hydrogens is 857 g/mol. The molecule has 7 aliphatic carbocycles. The van der Waals surface area contributed by atoms with Crippen LogP contribution in [-0.4, -0.2) is 16.3 Å². The van der Waals surface area contributed by atoms with Crippen LogP contribution in [0.2, 0.25) is 0 Å². The normalized spacial score (nSPS) is 32.2. The third-order valence-corrected chi connectivity index (χ3v) is 18.3. The SMILES string of the molecule is CC1(c2ccccc2)NC(C2=CC=CCC2)NC(c2cc(C3C=CC(c4ccccc4)=C(C4C=CCCC4)C3)ccc2C2CC=CC3=C2SC2C4=C(C=CC32)C2CC=CC=C2N4C2=CC=CCC2)N1. The maximum absolute atomic E-state index is 4.25. The second-order valence-corrected chi connectivity index (χ2v) is 22.1. The summed E-state index contributed by atoms with van der Waals surface area (Å²) in [5.74, 6) is 1.79. The number of benzene rings is 3. The van der Waals surface area contributed by atoms with Crippen LogP contribution in [0.1, 0.15) is 117 Å². The molecule has 10 aliphatic rings. The predicted molar refractivity (Wildman–Crippen MR) is 287 cm³/mol. The van der Waals surface area contributed by atoms with Crippen molar-refractivity contribution < 1.29 is 0 Å². The molecule has 5 heteroatoms. The summed E-state index contributed by atoms with van der Waals surface area (Å²) in [7, 11) is 0. The Morgan fingerprint density at radius 2 is 1.48 bits per heavy atom. The number of fused-ring (bicyclic) bond motifs is 5. The van der Waals surface area contributed by atoms with Gasteiger partial charge in [-0.15, -0.1) is 11.8 Å². The molecular formula is C64H64N4S. The first-order valence-corrected chi connectivity index (χ1v) is 27.0. The van der Waals surface area contributed by atoms with Gasteiger partial charge < -0.3 is 4.90 Å². The Morgan fingerprint density at radius 3 is 2.29 bits per heavy atom. The monoisotopic (exact) mass is 920 g/mol. The molecule has 9 unspecified atom stereocenters. The molecule has 4 nitrogen and oxygen atoms in total. The molecule has 0 saturated carbocycles. The Kier molecular flexibility index (Phi) is 11.5. The first-order chi connectivity index (χ1) is 34.1. The molecule has 0 aromatic heterocycles. The van der Waals surface area contributed by atoms with Crippen LogP contribution >= 0.6 is 11.8 Å². The zero-order chi connectivity index (χ0) is 45.9. The van der Waals surface area contributed by atoms with Gasteiger partial charge in [-0.05, 0) is 144 Å². The number of allylic oxidation sites excluding steroid dienone is 23. The largest absolute Gasteiger partial charge is 0.320 e. The van der Waals surface area contributed by atoms with E-state index in [1.165, 1.54) is 80.8 Å². The second kappa shape index (κ2) is 18.2. The summed E-state index contributed by atoms with van der Waals surface area (Å²) in [5, 5.41) is 12.9. The van der Waals surface area contributed by atoms with Crippen molar-refractivity contribution in [3.8, 4) is 0 Å². The van der Waals surface area contributed by atoms with Gasteiger partial charge in [0, 0.05) is 40.8 Å². The number of nitrogens with zero attached hydrogens (tertiary/aromatic N) is 1. The van der Waals surface area contributed by atoms with Gasteiger partial charge in [0.25, 0.3) is 0 Å². The van der Waals surface area contributed by atoms with Gasteiger partial charge in [-0.25, -0.2) is 0 Å². The van der Waals surface area contributed by atoms with Crippen LogP contribution in [0.25, 0.3) is 5.57 Å². The summed E-state index contributed by atoms with van der Waals surface area (Å²) in [5.41, 5.74) is 18.3. The highest BCUT2D eigenvalue weighted by molar-refractivity contribution is 8.04. The smallest absolute Gasteiger partial charge is 0.0949 e. The number of thioether (sulfide) groups is 1. The van der Waals surface area contributed by atoms with E-state index in [2.05, 4.69) is 222 Å². The van der Waals surface area contributed by atoms with E-state index >= 15 is 0 Å². The van der Waals surface area contributed by atoms with Crippen LogP contribution in [0.3, 0.4) is 0 Å². The molecule has 0 spiro atoms. The van der Waals surface area contributed by atoms with Gasteiger partial charge in [0.15, 0.2) is 0 Å². The lowest BCUT2D eigenvalue weighted by molar-refractivity contribution is 0.135. The highest BCUT2D eigenvalue weighted by Gasteiger charge is 2.49. The summed E-state index contributed by atoms with van der Waals surface area (Å²) in [6.45, 7) is 2.35. The number of nitrogens with one attached hydrogen (secondary N) is 3. The van der Waals surface area contributed by atoms with Crippen molar-refractivity contribution in [2.24, 2.45) is 17.8 Å². The molecule has 69 heavy (non-hydrogen) atoms. The van der Waals surface area contributed by atoms with E-state index in [4.69, 9.17) is 0 Å². The lowest BCUT2D eigenvalue weighted by Gasteiger charge is -2.48. The Bertz CT molecular complexity index is 2960. The van der Waals surface area contributed by atoms with Gasteiger partial charge in [-0.1, -0.05) is 176 Å². The first-order valence-electron chi connectivity index (χ1n) is 26.1. The summed E-state index contributed by atoms with van der Waals surface area (Å²) < 4.78 is 0. The molecule has 3 heterocycles. The summed E-state index contributed by atoms with van der Waals surface area (Å²) in [6, 6.07) is 29.9. The van der Waals surface area contributed by atoms with Gasteiger partial charge in [0.1, 0.15) is 0 Å². The van der Waals surface area contributed by atoms with E-state index in [0.29, 0.717) is 23.0 Å². The molecule has 3 aromatic carbocycles. The predicted octanol–water partition coefficient (Wildman–Crippen LogP) is 14.7. The third-order valence-electron chi connectivity index (χ3n) is 16.8. The van der Waals surface area contributed by atoms with Crippen molar-refractivity contribution >= 4 is 17.3 Å². The zero-order valence-electron chi connectivity index (χ0n) is 39.9. The molecule has 13 rings (SSSR count). The fourth-order valence-electron chi connectivity index (χ4n) is 13.3. The van der Waals surface area contributed by atoms with Crippen molar-refractivity contribution in [2.45, 2.75) is 106 Å². The minimum Gasteiger partial charge on any atom is -0.320 e. The van der Waals surface area contributed by atoms with Gasteiger partial charge in [0.2, 0.25) is 0 Å². The fraction of sp³-hybridized carbons (Fsp3) is 0.312. The molecule has 346 valence electrons. The van der Waals surface area contributed by atoms with Gasteiger partial charge in [-0.2, -0.15) is 0 Å². The maximum Gasteiger partial charge on any atom is 0.0949 e. The zero-order valence-corrected chi connectivity index (χ0v) is 40.7. The molecule has 1 saturated heterocycles. The molecule has 3 N–H and O–H groups in total. The lowest BCUT2D eigenvalue weighted by Crippen LogP contribution is -2.68. The van der Waals surface area contributed by atoms with Crippen molar-refractivity contribution in [1.82, 2.24) is 20.9 Å². The van der Waals surface area contributed by atoms with Crippen LogP contribution < -0.4 is 16.0 Å². The maximum atomic E-state index is 4.25. The van der Waals surface area contributed by atoms with E-state index in [1.807, 2.05) is 0 Å². The van der Waals surface area contributed by atoms with E-state index in [9.17, 15) is 0 Å². The van der Waals surface area contributed by atoms with Crippen LogP contribution in [0.15, 0.2) is 226 Å². The highest BCUT2D eigenvalue weighted by atomic mass is 32.2. The van der Waals surface area contributed by atoms with E-state index in [-0.39, 0.29) is 24.2 Å². The average molecular weight is 921 g/mol. The average Bonchev–Trinajstić information content (AvgIpc) is 3.98. The van der Waals surface area contributed by atoms with E-state index < -0.39 is 5.66 Å². The minimum absolute atomic E-state index is 0.00315. The summed E-state index contributed by atoms with van der Waals surface area (Å²) >= 11 is 2.18. The van der Waals surface area contributed by atoms with E-state index in [1.54, 1.807) is 16.2 Å². The standard InChI is InChI=1S/C64H64N4S/c1-64(47-26-13-5-14-27-47)66-62(44-24-11-4-12-25-44)65-63(67-64)57-41-46(45-34-36-49(42-20-7-2-8-21-42)56(40-45)43-22-9-3-10-23-43)35-37-50(57)53-31-19-32-54-55-39-38-52-51-30-17-18-33-58(51)68(48-28-15-6-16-29-48)59(52)61(55)69-60(53)54/h2,4-9,11,13-15,17-22,24,26-28,32-39,41,43,45,51,53,55,61-63,65-67H,3,10,12,16,23,25,29-31,40H2,1H3. The third kappa shape index (κ3) is 7.81. The van der Waals surface area contributed by atoms with Crippen molar-refractivity contribution in [3.05, 3.63) is 254 Å². The fourth-order valence-corrected chi connectivity index (χ4v) is 15.1. The van der Waals surface area contributed by atoms with Crippen LogP contribution in [0.5, 0.6) is 0 Å². The lowest BCUT2D eigenvalue weighted by atomic mass is 9.74. The molecule has 0 bridgehead atoms. The molecule has 9 atom stereocenters. The molecule has 3 aliphatic heterocycles. The topological polar surface area (TPSA) is 39.3 Å². The van der Waals surface area contributed by atoms with Gasteiger partial charge in [0.05, 0.1) is 23.2 Å². The van der Waals surface area contributed by atoms with Crippen LogP contribution in [0.4, 0.5) is 0 Å².